The van der Waals surface area contributed by atoms with Crippen LogP contribution in [0.25, 0.3) is 0 Å². The first-order valence-corrected chi connectivity index (χ1v) is 8.68. The van der Waals surface area contributed by atoms with E-state index >= 15 is 0 Å². The summed E-state index contributed by atoms with van der Waals surface area (Å²) in [5, 5.41) is 10.5. The summed E-state index contributed by atoms with van der Waals surface area (Å²) in [4.78, 5) is 0. The molecule has 2 rings (SSSR count). The van der Waals surface area contributed by atoms with Crippen molar-refractivity contribution < 1.29 is 9.50 Å². The first-order chi connectivity index (χ1) is 9.77. The lowest BCUT2D eigenvalue weighted by atomic mass is 9.68. The van der Waals surface area contributed by atoms with E-state index in [0.29, 0.717) is 17.8 Å². The first kappa shape index (κ1) is 17.0. The van der Waals surface area contributed by atoms with Gasteiger partial charge < -0.3 is 5.11 Å². The fourth-order valence-electron chi connectivity index (χ4n) is 3.46. The third-order valence-electron chi connectivity index (χ3n) is 4.98. The molecule has 1 saturated carbocycles. The van der Waals surface area contributed by atoms with Crippen molar-refractivity contribution in [3.63, 3.8) is 0 Å². The van der Waals surface area contributed by atoms with Crippen LogP contribution in [0.4, 0.5) is 4.39 Å². The molecule has 1 aromatic carbocycles. The van der Waals surface area contributed by atoms with Gasteiger partial charge in [0.15, 0.2) is 0 Å². The third-order valence-corrected chi connectivity index (χ3v) is 5.75. The van der Waals surface area contributed by atoms with Crippen LogP contribution in [0, 0.1) is 23.1 Å². The van der Waals surface area contributed by atoms with Crippen molar-refractivity contribution in [1.82, 2.24) is 0 Å². The zero-order valence-corrected chi connectivity index (χ0v) is 14.8. The molecule has 21 heavy (non-hydrogen) atoms. The highest BCUT2D eigenvalue weighted by Gasteiger charge is 2.32. The Morgan fingerprint density at radius 2 is 1.86 bits per heavy atom. The van der Waals surface area contributed by atoms with Gasteiger partial charge in [0.25, 0.3) is 0 Å². The Morgan fingerprint density at radius 1 is 1.24 bits per heavy atom. The van der Waals surface area contributed by atoms with E-state index in [1.165, 1.54) is 25.0 Å². The third kappa shape index (κ3) is 4.53. The minimum Gasteiger partial charge on any atom is -0.392 e. The molecule has 1 fully saturated rings. The van der Waals surface area contributed by atoms with Crippen LogP contribution in [-0.4, -0.2) is 11.2 Å². The highest BCUT2D eigenvalue weighted by atomic mass is 79.9. The van der Waals surface area contributed by atoms with Crippen LogP contribution in [0.1, 0.15) is 52.0 Å². The van der Waals surface area contributed by atoms with Gasteiger partial charge in [0.05, 0.1) is 6.10 Å². The molecule has 1 N–H and O–H groups in total. The summed E-state index contributed by atoms with van der Waals surface area (Å²) in [5.41, 5.74) is 1.22. The van der Waals surface area contributed by atoms with E-state index < -0.39 is 0 Å². The molecule has 3 heteroatoms. The number of aliphatic hydroxyl groups excluding tert-OH is 1. The molecular weight excluding hydrogens is 331 g/mol. The monoisotopic (exact) mass is 356 g/mol. The van der Waals surface area contributed by atoms with Crippen LogP contribution in [0.2, 0.25) is 0 Å². The quantitative estimate of drug-likeness (QED) is 0.774. The second kappa shape index (κ2) is 6.78. The van der Waals surface area contributed by atoms with Crippen molar-refractivity contribution in [3.05, 3.63) is 34.1 Å². The molecule has 0 heterocycles. The second-order valence-electron chi connectivity index (χ2n) is 7.48. The highest BCUT2D eigenvalue weighted by molar-refractivity contribution is 9.10. The van der Waals surface area contributed by atoms with Gasteiger partial charge in [0.2, 0.25) is 0 Å². The van der Waals surface area contributed by atoms with Crippen molar-refractivity contribution in [2.24, 2.45) is 17.3 Å². The SMILES string of the molecule is CC(C)(C)C1CCC(C(O)Cc2cc(F)ccc2Br)CC1. The molecule has 0 radical (unpaired) electrons. The number of halogens is 2. The molecule has 1 aliphatic carbocycles. The van der Waals surface area contributed by atoms with E-state index in [4.69, 9.17) is 0 Å². The summed E-state index contributed by atoms with van der Waals surface area (Å²) in [6.07, 6.45) is 4.70. The van der Waals surface area contributed by atoms with E-state index in [9.17, 15) is 9.50 Å². The van der Waals surface area contributed by atoms with Crippen molar-refractivity contribution in [1.29, 1.82) is 0 Å². The Morgan fingerprint density at radius 3 is 2.43 bits per heavy atom. The van der Waals surface area contributed by atoms with E-state index in [-0.39, 0.29) is 11.9 Å². The van der Waals surface area contributed by atoms with Crippen LogP contribution in [0.3, 0.4) is 0 Å². The smallest absolute Gasteiger partial charge is 0.123 e. The van der Waals surface area contributed by atoms with Gasteiger partial charge in [0.1, 0.15) is 5.82 Å². The van der Waals surface area contributed by atoms with Crippen LogP contribution >= 0.6 is 15.9 Å². The number of benzene rings is 1. The highest BCUT2D eigenvalue weighted by Crippen LogP contribution is 2.41. The van der Waals surface area contributed by atoms with Crippen molar-refractivity contribution in [3.8, 4) is 0 Å². The summed E-state index contributed by atoms with van der Waals surface area (Å²) < 4.78 is 14.2. The van der Waals surface area contributed by atoms with Gasteiger partial charge in [-0.2, -0.15) is 0 Å². The average Bonchev–Trinajstić information content (AvgIpc) is 2.42. The maximum atomic E-state index is 13.3. The predicted octanol–water partition coefficient (Wildman–Crippen LogP) is 5.34. The largest absolute Gasteiger partial charge is 0.392 e. The summed E-state index contributed by atoms with van der Waals surface area (Å²) in [6.45, 7) is 6.91. The lowest BCUT2D eigenvalue weighted by molar-refractivity contribution is 0.0536. The van der Waals surface area contributed by atoms with Gasteiger partial charge >= 0.3 is 0 Å². The zero-order chi connectivity index (χ0) is 15.6. The molecule has 1 nitrogen and oxygen atoms in total. The summed E-state index contributed by atoms with van der Waals surface area (Å²) in [6, 6.07) is 4.68. The van der Waals surface area contributed by atoms with Gasteiger partial charge in [0, 0.05) is 4.47 Å². The second-order valence-corrected chi connectivity index (χ2v) is 8.34. The van der Waals surface area contributed by atoms with Gasteiger partial charge in [-0.05, 0) is 73.1 Å². The number of hydrogen-bond donors (Lipinski definition) is 1. The summed E-state index contributed by atoms with van der Waals surface area (Å²) in [5.74, 6) is 0.859. The minimum absolute atomic E-state index is 0.239. The summed E-state index contributed by atoms with van der Waals surface area (Å²) >= 11 is 3.44. The Labute approximate surface area is 136 Å². The van der Waals surface area contributed by atoms with E-state index in [0.717, 1.165) is 28.8 Å². The van der Waals surface area contributed by atoms with Crippen LogP contribution < -0.4 is 0 Å². The Hall–Kier alpha value is -0.410. The zero-order valence-electron chi connectivity index (χ0n) is 13.2. The van der Waals surface area contributed by atoms with Crippen molar-refractivity contribution in [2.75, 3.05) is 0 Å². The average molecular weight is 357 g/mol. The Kier molecular flexibility index (Phi) is 5.48. The van der Waals surface area contributed by atoms with E-state index in [1.807, 2.05) is 0 Å². The summed E-state index contributed by atoms with van der Waals surface area (Å²) in [7, 11) is 0. The topological polar surface area (TPSA) is 20.2 Å². The van der Waals surface area contributed by atoms with Gasteiger partial charge in [-0.25, -0.2) is 4.39 Å². The fraction of sp³-hybridized carbons (Fsp3) is 0.667. The number of hydrogen-bond acceptors (Lipinski definition) is 1. The molecule has 0 aliphatic heterocycles. The van der Waals surface area contributed by atoms with E-state index in [1.54, 1.807) is 6.07 Å². The van der Waals surface area contributed by atoms with Crippen LogP contribution in [-0.2, 0) is 6.42 Å². The molecule has 0 amide bonds. The predicted molar refractivity (Wildman–Crippen MR) is 88.7 cm³/mol. The van der Waals surface area contributed by atoms with Gasteiger partial charge in [-0.3, -0.25) is 0 Å². The van der Waals surface area contributed by atoms with Gasteiger partial charge in [-0.1, -0.05) is 36.7 Å². The molecule has 118 valence electrons. The Bertz CT molecular complexity index is 473. The van der Waals surface area contributed by atoms with Crippen molar-refractivity contribution in [2.45, 2.75) is 59.0 Å². The molecular formula is C18H26BrFO. The molecule has 0 bridgehead atoms. The standard InChI is InChI=1S/C18H26BrFO/c1-18(2,3)14-6-4-12(5-7-14)17(21)11-13-10-15(20)8-9-16(13)19/h8-10,12,14,17,21H,4-7,11H2,1-3H3. The number of aliphatic hydroxyl groups is 1. The molecule has 1 aliphatic rings. The molecule has 0 saturated heterocycles. The van der Waals surface area contributed by atoms with E-state index in [2.05, 4.69) is 36.7 Å². The lowest BCUT2D eigenvalue weighted by Gasteiger charge is -2.38. The molecule has 0 aromatic heterocycles. The maximum absolute atomic E-state index is 13.3. The Balaban J connectivity index is 1.93. The fourth-order valence-corrected chi connectivity index (χ4v) is 3.87. The maximum Gasteiger partial charge on any atom is 0.123 e. The van der Waals surface area contributed by atoms with Crippen LogP contribution in [0.15, 0.2) is 22.7 Å². The van der Waals surface area contributed by atoms with Gasteiger partial charge in [-0.15, -0.1) is 0 Å². The minimum atomic E-state index is -0.371. The molecule has 1 unspecified atom stereocenters. The number of rotatable bonds is 3. The molecule has 1 atom stereocenters. The van der Waals surface area contributed by atoms with Crippen LogP contribution in [0.5, 0.6) is 0 Å². The first-order valence-electron chi connectivity index (χ1n) is 7.89. The van der Waals surface area contributed by atoms with Crippen molar-refractivity contribution >= 4 is 15.9 Å². The lowest BCUT2D eigenvalue weighted by Crippen LogP contribution is -2.31. The molecule has 1 aromatic rings. The molecule has 0 spiro atoms. The normalized spacial score (nSPS) is 24.9.